The average Bonchev–Trinajstić information content (AvgIpc) is 2.03. The van der Waals surface area contributed by atoms with Crippen molar-refractivity contribution in [3.63, 3.8) is 0 Å². The van der Waals surface area contributed by atoms with Crippen LogP contribution < -0.4 is 0 Å². The topological polar surface area (TPSA) is 0 Å². The first-order valence-electron chi connectivity index (χ1n) is 5.45. The summed E-state index contributed by atoms with van der Waals surface area (Å²) < 4.78 is 0. The van der Waals surface area contributed by atoms with Crippen molar-refractivity contribution in [2.45, 2.75) is 58.2 Å². The van der Waals surface area contributed by atoms with E-state index in [2.05, 4.69) is 68.9 Å². The second-order valence-electron chi connectivity index (χ2n) is 4.83. The zero-order valence-corrected chi connectivity index (χ0v) is 12.9. The number of halogens is 1. The lowest BCUT2D eigenvalue weighted by Crippen LogP contribution is -2.43. The Labute approximate surface area is 99.0 Å². The van der Waals surface area contributed by atoms with E-state index < -0.39 is 8.07 Å². The molecule has 2 heteroatoms. The lowest BCUT2D eigenvalue weighted by Gasteiger charge is -2.38. The molecule has 0 radical (unpaired) electrons. The summed E-state index contributed by atoms with van der Waals surface area (Å²) >= 11 is 3.40. The van der Waals surface area contributed by atoms with Gasteiger partial charge >= 0.3 is 0 Å². The van der Waals surface area contributed by atoms with Crippen LogP contribution in [0.1, 0.15) is 41.5 Å². The normalized spacial score (nSPS) is 12.1. The number of rotatable bonds is 3. The molecular formula is C12H23BrSi. The highest BCUT2D eigenvalue weighted by atomic mass is 79.9. The Morgan fingerprint density at radius 2 is 1.29 bits per heavy atom. The van der Waals surface area contributed by atoms with Gasteiger partial charge in [-0.1, -0.05) is 63.4 Å². The largest absolute Gasteiger partial charge is 0.146 e. The van der Waals surface area contributed by atoms with E-state index in [9.17, 15) is 0 Å². The van der Waals surface area contributed by atoms with Crippen molar-refractivity contribution in [1.82, 2.24) is 0 Å². The van der Waals surface area contributed by atoms with E-state index in [1.807, 2.05) is 0 Å². The van der Waals surface area contributed by atoms with Crippen molar-refractivity contribution in [2.75, 3.05) is 5.33 Å². The summed E-state index contributed by atoms with van der Waals surface area (Å²) in [6.45, 7) is 14.1. The summed E-state index contributed by atoms with van der Waals surface area (Å²) in [5, 5.41) is 0.813. The van der Waals surface area contributed by atoms with Crippen LogP contribution in [0.2, 0.25) is 16.6 Å². The van der Waals surface area contributed by atoms with Gasteiger partial charge in [-0.2, -0.15) is 0 Å². The number of hydrogen-bond donors (Lipinski definition) is 0. The highest BCUT2D eigenvalue weighted by Crippen LogP contribution is 2.40. The van der Waals surface area contributed by atoms with Crippen molar-refractivity contribution < 1.29 is 0 Å². The molecule has 0 aliphatic carbocycles. The fraction of sp³-hybridized carbons (Fsp3) is 0.833. The molecular weight excluding hydrogens is 252 g/mol. The lowest BCUT2D eigenvalue weighted by molar-refractivity contribution is 0.838. The smallest absolute Gasteiger partial charge is 0.130 e. The molecule has 0 amide bonds. The first-order chi connectivity index (χ1) is 6.39. The van der Waals surface area contributed by atoms with E-state index in [0.717, 1.165) is 22.0 Å². The molecule has 0 bridgehead atoms. The summed E-state index contributed by atoms with van der Waals surface area (Å²) in [4.78, 5) is 0. The maximum atomic E-state index is 3.62. The molecule has 0 aromatic heterocycles. The van der Waals surface area contributed by atoms with Gasteiger partial charge in [0.2, 0.25) is 0 Å². The number of alkyl halides is 1. The molecule has 0 nitrogen and oxygen atoms in total. The molecule has 0 heterocycles. The molecule has 0 aromatic carbocycles. The van der Waals surface area contributed by atoms with E-state index in [-0.39, 0.29) is 0 Å². The van der Waals surface area contributed by atoms with E-state index in [1.54, 1.807) is 0 Å². The fourth-order valence-electron chi connectivity index (χ4n) is 2.62. The van der Waals surface area contributed by atoms with Gasteiger partial charge in [-0.05, 0) is 16.6 Å². The van der Waals surface area contributed by atoms with Gasteiger partial charge in [-0.15, -0.1) is 5.54 Å². The first kappa shape index (κ1) is 14.3. The zero-order chi connectivity index (χ0) is 11.4. The Kier molecular flexibility index (Phi) is 6.08. The van der Waals surface area contributed by atoms with Crippen LogP contribution in [0.15, 0.2) is 0 Å². The van der Waals surface area contributed by atoms with Gasteiger partial charge in [0.1, 0.15) is 8.07 Å². The Hall–Kier alpha value is 0.257. The van der Waals surface area contributed by atoms with Crippen LogP contribution in [-0.2, 0) is 0 Å². The summed E-state index contributed by atoms with van der Waals surface area (Å²) in [6, 6.07) is 0. The van der Waals surface area contributed by atoms with Crippen LogP contribution in [0.3, 0.4) is 0 Å². The SMILES string of the molecule is CC(C)[Si](C#CCBr)(C(C)C)C(C)C. The van der Waals surface area contributed by atoms with Crippen LogP contribution in [0.5, 0.6) is 0 Å². The minimum Gasteiger partial charge on any atom is -0.130 e. The van der Waals surface area contributed by atoms with Gasteiger partial charge < -0.3 is 0 Å². The Bertz CT molecular complexity index is 198. The third-order valence-electron chi connectivity index (χ3n) is 3.24. The predicted molar refractivity (Wildman–Crippen MR) is 72.6 cm³/mol. The van der Waals surface area contributed by atoms with Gasteiger partial charge in [0, 0.05) is 0 Å². The first-order valence-corrected chi connectivity index (χ1v) is 8.80. The molecule has 0 saturated carbocycles. The highest BCUT2D eigenvalue weighted by Gasteiger charge is 2.41. The fourth-order valence-corrected chi connectivity index (χ4v) is 8.28. The third kappa shape index (κ3) is 2.87. The molecule has 82 valence electrons. The molecule has 0 spiro atoms. The van der Waals surface area contributed by atoms with Crippen LogP contribution in [0.4, 0.5) is 0 Å². The van der Waals surface area contributed by atoms with E-state index in [0.29, 0.717) is 0 Å². The molecule has 0 fully saturated rings. The van der Waals surface area contributed by atoms with Crippen molar-refractivity contribution in [3.05, 3.63) is 0 Å². The minimum absolute atomic E-state index is 0.744. The summed E-state index contributed by atoms with van der Waals surface area (Å²) in [7, 11) is -1.44. The monoisotopic (exact) mass is 274 g/mol. The summed E-state index contributed by atoms with van der Waals surface area (Å²) in [5.74, 6) is 3.26. The van der Waals surface area contributed by atoms with Gasteiger partial charge in [-0.25, -0.2) is 0 Å². The van der Waals surface area contributed by atoms with Crippen molar-refractivity contribution in [1.29, 1.82) is 0 Å². The molecule has 0 aliphatic heterocycles. The zero-order valence-electron chi connectivity index (χ0n) is 10.3. The molecule has 0 rings (SSSR count). The summed E-state index contributed by atoms with van der Waals surface area (Å²) in [5.41, 5.74) is 5.86. The van der Waals surface area contributed by atoms with Crippen LogP contribution >= 0.6 is 15.9 Å². The highest BCUT2D eigenvalue weighted by molar-refractivity contribution is 9.09. The number of hydrogen-bond acceptors (Lipinski definition) is 0. The van der Waals surface area contributed by atoms with E-state index >= 15 is 0 Å². The molecule has 0 aromatic rings. The minimum atomic E-state index is -1.44. The van der Waals surface area contributed by atoms with Crippen molar-refractivity contribution in [3.8, 4) is 11.5 Å². The quantitative estimate of drug-likeness (QED) is 0.401. The molecule has 0 N–H and O–H groups in total. The maximum absolute atomic E-state index is 3.62. The van der Waals surface area contributed by atoms with Crippen molar-refractivity contribution >= 4 is 24.0 Å². The lowest BCUT2D eigenvalue weighted by atomic mass is 10.5. The second kappa shape index (κ2) is 5.98. The maximum Gasteiger partial charge on any atom is 0.146 e. The molecule has 0 unspecified atom stereocenters. The molecule has 0 saturated heterocycles. The Balaban J connectivity index is 5.16. The molecule has 14 heavy (non-hydrogen) atoms. The Morgan fingerprint density at radius 3 is 1.50 bits per heavy atom. The van der Waals surface area contributed by atoms with Crippen molar-refractivity contribution in [2.24, 2.45) is 0 Å². The molecule has 0 atom stereocenters. The Morgan fingerprint density at radius 1 is 0.929 bits per heavy atom. The average molecular weight is 275 g/mol. The van der Waals surface area contributed by atoms with Crippen LogP contribution in [-0.4, -0.2) is 13.4 Å². The predicted octanol–water partition coefficient (Wildman–Crippen LogP) is 4.60. The standard InChI is InChI=1S/C12H23BrSi/c1-10(2)14(11(3)4,12(5)6)9-7-8-13/h10-12H,8H2,1-6H3. The van der Waals surface area contributed by atoms with Gasteiger partial charge in [0.05, 0.1) is 5.33 Å². The van der Waals surface area contributed by atoms with Gasteiger partial charge in [-0.3, -0.25) is 0 Å². The van der Waals surface area contributed by atoms with Gasteiger partial charge in [0.15, 0.2) is 0 Å². The van der Waals surface area contributed by atoms with Gasteiger partial charge in [0.25, 0.3) is 0 Å². The van der Waals surface area contributed by atoms with E-state index in [1.165, 1.54) is 0 Å². The second-order valence-corrected chi connectivity index (χ2v) is 11.0. The molecule has 0 aliphatic rings. The van der Waals surface area contributed by atoms with E-state index in [4.69, 9.17) is 0 Å². The summed E-state index contributed by atoms with van der Waals surface area (Å²) in [6.07, 6.45) is 0. The van der Waals surface area contributed by atoms with Crippen LogP contribution in [0, 0.1) is 11.5 Å². The van der Waals surface area contributed by atoms with Crippen LogP contribution in [0.25, 0.3) is 0 Å². The third-order valence-corrected chi connectivity index (χ3v) is 9.86.